The van der Waals surface area contributed by atoms with Crippen LogP contribution in [0.2, 0.25) is 0 Å². The number of phenolic OH excluding ortho intramolecular Hbond substituents is 1. The summed E-state index contributed by atoms with van der Waals surface area (Å²) in [5, 5.41) is 12.1. The maximum atomic E-state index is 9.35. The molecule has 0 aliphatic heterocycles. The molecular formula is C8H10N2O2S. The Balaban J connectivity index is 2.96. The highest BCUT2D eigenvalue weighted by molar-refractivity contribution is 7.80. The normalized spacial score (nSPS) is 9.31. The Morgan fingerprint density at radius 3 is 2.85 bits per heavy atom. The number of nitrogens with two attached hydrogens (primary N) is 1. The number of anilines is 1. The Morgan fingerprint density at radius 1 is 1.62 bits per heavy atom. The minimum atomic E-state index is 0.0774. The van der Waals surface area contributed by atoms with Crippen LogP contribution in [-0.4, -0.2) is 17.3 Å². The molecular weight excluding hydrogens is 188 g/mol. The van der Waals surface area contributed by atoms with E-state index in [1.165, 1.54) is 13.2 Å². The zero-order valence-electron chi connectivity index (χ0n) is 7.07. The molecule has 0 amide bonds. The molecule has 70 valence electrons. The van der Waals surface area contributed by atoms with Crippen LogP contribution in [0.4, 0.5) is 5.69 Å². The molecule has 4 N–H and O–H groups in total. The fourth-order valence-electron chi connectivity index (χ4n) is 0.875. The molecule has 13 heavy (non-hydrogen) atoms. The summed E-state index contributed by atoms with van der Waals surface area (Å²) in [7, 11) is 1.54. The van der Waals surface area contributed by atoms with E-state index in [1.807, 2.05) is 0 Å². The summed E-state index contributed by atoms with van der Waals surface area (Å²) in [4.78, 5) is 0. The van der Waals surface area contributed by atoms with Crippen molar-refractivity contribution in [1.82, 2.24) is 0 Å². The molecule has 5 heteroatoms. The number of nitrogens with one attached hydrogen (secondary N) is 1. The van der Waals surface area contributed by atoms with Crippen molar-refractivity contribution >= 4 is 23.0 Å². The lowest BCUT2D eigenvalue weighted by Crippen LogP contribution is -2.18. The first kappa shape index (κ1) is 9.60. The lowest BCUT2D eigenvalue weighted by atomic mass is 10.3. The second-order valence-electron chi connectivity index (χ2n) is 2.37. The molecule has 1 aromatic rings. The zero-order chi connectivity index (χ0) is 9.84. The molecule has 0 unspecified atom stereocenters. The molecule has 0 aliphatic carbocycles. The van der Waals surface area contributed by atoms with E-state index in [4.69, 9.17) is 10.5 Å². The van der Waals surface area contributed by atoms with E-state index in [1.54, 1.807) is 12.1 Å². The third kappa shape index (κ3) is 2.48. The number of hydrogen-bond donors (Lipinski definition) is 3. The van der Waals surface area contributed by atoms with Gasteiger partial charge >= 0.3 is 0 Å². The van der Waals surface area contributed by atoms with Crippen molar-refractivity contribution < 1.29 is 9.84 Å². The average molecular weight is 198 g/mol. The summed E-state index contributed by atoms with van der Waals surface area (Å²) < 4.78 is 4.96. The van der Waals surface area contributed by atoms with Gasteiger partial charge in [-0.15, -0.1) is 0 Å². The fraction of sp³-hybridized carbons (Fsp3) is 0.125. The van der Waals surface area contributed by atoms with Gasteiger partial charge in [-0.3, -0.25) is 0 Å². The molecule has 1 aromatic carbocycles. The van der Waals surface area contributed by atoms with Crippen LogP contribution in [0.3, 0.4) is 0 Å². The molecule has 0 atom stereocenters. The van der Waals surface area contributed by atoms with Crippen molar-refractivity contribution in [3.63, 3.8) is 0 Å². The van der Waals surface area contributed by atoms with Crippen molar-refractivity contribution in [2.45, 2.75) is 0 Å². The van der Waals surface area contributed by atoms with Crippen molar-refractivity contribution in [3.05, 3.63) is 18.2 Å². The number of rotatable bonds is 2. The van der Waals surface area contributed by atoms with Gasteiger partial charge in [0.1, 0.15) is 11.5 Å². The van der Waals surface area contributed by atoms with Gasteiger partial charge < -0.3 is 20.9 Å². The number of thiocarbonyl (C=S) groups is 1. The van der Waals surface area contributed by atoms with Crippen LogP contribution in [0, 0.1) is 0 Å². The number of benzene rings is 1. The SMILES string of the molecule is COc1ccc(O)c(NC(N)=S)c1. The standard InChI is InChI=1S/C8H10N2O2S/c1-12-5-2-3-7(11)6(4-5)10-8(9)13/h2-4,11H,1H3,(H3,9,10,13). The van der Waals surface area contributed by atoms with E-state index < -0.39 is 0 Å². The first-order valence-electron chi connectivity index (χ1n) is 3.57. The highest BCUT2D eigenvalue weighted by Crippen LogP contribution is 2.27. The molecule has 4 nitrogen and oxygen atoms in total. The molecule has 0 bridgehead atoms. The van der Waals surface area contributed by atoms with Crippen LogP contribution < -0.4 is 15.8 Å². The third-order valence-corrected chi connectivity index (χ3v) is 1.56. The monoisotopic (exact) mass is 198 g/mol. The summed E-state index contributed by atoms with van der Waals surface area (Å²) in [6.45, 7) is 0. The zero-order valence-corrected chi connectivity index (χ0v) is 7.89. The Morgan fingerprint density at radius 2 is 2.31 bits per heavy atom. The molecule has 0 fully saturated rings. The molecule has 0 spiro atoms. The van der Waals surface area contributed by atoms with Crippen LogP contribution in [0.15, 0.2) is 18.2 Å². The van der Waals surface area contributed by atoms with Crippen molar-refractivity contribution in [3.8, 4) is 11.5 Å². The van der Waals surface area contributed by atoms with E-state index in [9.17, 15) is 5.11 Å². The fourth-order valence-corrected chi connectivity index (χ4v) is 0.985. The highest BCUT2D eigenvalue weighted by Gasteiger charge is 2.02. The number of hydrogen-bond acceptors (Lipinski definition) is 3. The Kier molecular flexibility index (Phi) is 2.92. The summed E-state index contributed by atoms with van der Waals surface area (Å²) >= 11 is 4.63. The minimum Gasteiger partial charge on any atom is -0.506 e. The Labute approximate surface area is 81.3 Å². The van der Waals surface area contributed by atoms with E-state index >= 15 is 0 Å². The van der Waals surface area contributed by atoms with Crippen LogP contribution in [-0.2, 0) is 0 Å². The quantitative estimate of drug-likeness (QED) is 0.489. The lowest BCUT2D eigenvalue weighted by Gasteiger charge is -2.07. The van der Waals surface area contributed by atoms with Gasteiger partial charge in [0.05, 0.1) is 12.8 Å². The van der Waals surface area contributed by atoms with Crippen molar-refractivity contribution in [1.29, 1.82) is 0 Å². The second-order valence-corrected chi connectivity index (χ2v) is 2.81. The van der Waals surface area contributed by atoms with E-state index in [0.717, 1.165) is 0 Å². The molecule has 0 aliphatic rings. The predicted molar refractivity (Wildman–Crippen MR) is 55.1 cm³/mol. The van der Waals surface area contributed by atoms with Gasteiger partial charge in [-0.25, -0.2) is 0 Å². The molecule has 0 saturated carbocycles. The van der Waals surface area contributed by atoms with E-state index in [-0.39, 0.29) is 10.9 Å². The minimum absolute atomic E-state index is 0.0774. The van der Waals surface area contributed by atoms with Gasteiger partial charge in [-0.2, -0.15) is 0 Å². The maximum absolute atomic E-state index is 9.35. The van der Waals surface area contributed by atoms with Gasteiger partial charge in [0, 0.05) is 6.07 Å². The Hall–Kier alpha value is -1.49. The molecule has 1 rings (SSSR count). The smallest absolute Gasteiger partial charge is 0.168 e. The highest BCUT2D eigenvalue weighted by atomic mass is 32.1. The first-order chi connectivity index (χ1) is 6.13. The van der Waals surface area contributed by atoms with Gasteiger partial charge in [0.25, 0.3) is 0 Å². The molecule has 0 radical (unpaired) electrons. The van der Waals surface area contributed by atoms with Crippen LogP contribution in [0.1, 0.15) is 0 Å². The van der Waals surface area contributed by atoms with Crippen LogP contribution in [0.5, 0.6) is 11.5 Å². The van der Waals surface area contributed by atoms with Gasteiger partial charge in [-0.1, -0.05) is 0 Å². The summed E-state index contributed by atoms with van der Waals surface area (Å²) in [5.74, 6) is 0.699. The number of ether oxygens (including phenoxy) is 1. The van der Waals surface area contributed by atoms with E-state index in [0.29, 0.717) is 11.4 Å². The first-order valence-corrected chi connectivity index (χ1v) is 3.98. The molecule has 0 saturated heterocycles. The van der Waals surface area contributed by atoms with Gasteiger partial charge in [0.2, 0.25) is 0 Å². The number of methoxy groups -OCH3 is 1. The lowest BCUT2D eigenvalue weighted by molar-refractivity contribution is 0.413. The van der Waals surface area contributed by atoms with Gasteiger partial charge in [0.15, 0.2) is 5.11 Å². The molecule has 0 aromatic heterocycles. The van der Waals surface area contributed by atoms with E-state index in [2.05, 4.69) is 17.5 Å². The van der Waals surface area contributed by atoms with Crippen molar-refractivity contribution in [2.24, 2.45) is 5.73 Å². The summed E-state index contributed by atoms with van der Waals surface area (Å²) in [6.07, 6.45) is 0. The average Bonchev–Trinajstić information content (AvgIpc) is 2.08. The predicted octanol–water partition coefficient (Wildman–Crippen LogP) is 1.06. The maximum Gasteiger partial charge on any atom is 0.168 e. The topological polar surface area (TPSA) is 67.5 Å². The second kappa shape index (κ2) is 3.95. The van der Waals surface area contributed by atoms with Gasteiger partial charge in [-0.05, 0) is 24.4 Å². The Bertz CT molecular complexity index is 328. The summed E-state index contributed by atoms with van der Waals surface area (Å²) in [6, 6.07) is 4.74. The van der Waals surface area contributed by atoms with Crippen LogP contribution in [0.25, 0.3) is 0 Å². The van der Waals surface area contributed by atoms with Crippen LogP contribution >= 0.6 is 12.2 Å². The summed E-state index contributed by atoms with van der Waals surface area (Å²) in [5.41, 5.74) is 5.69. The van der Waals surface area contributed by atoms with Crippen molar-refractivity contribution in [2.75, 3.05) is 12.4 Å². The largest absolute Gasteiger partial charge is 0.506 e. The number of phenols is 1. The number of aromatic hydroxyl groups is 1. The third-order valence-electron chi connectivity index (χ3n) is 1.46. The molecule has 0 heterocycles.